The van der Waals surface area contributed by atoms with Gasteiger partial charge in [0, 0.05) is 21.4 Å². The molecule has 152 valence electrons. The van der Waals surface area contributed by atoms with Crippen molar-refractivity contribution < 1.29 is 4.74 Å². The molecule has 1 N–H and O–H groups in total. The molecular weight excluding hydrogens is 405 g/mol. The number of hydrogen-bond acceptors (Lipinski definition) is 3. The molecule has 0 amide bonds. The molecule has 1 fully saturated rings. The topological polar surface area (TPSA) is 41.1 Å². The van der Waals surface area contributed by atoms with Gasteiger partial charge in [-0.05, 0) is 50.7 Å². The van der Waals surface area contributed by atoms with Crippen molar-refractivity contribution in [2.45, 2.75) is 24.9 Å². The van der Waals surface area contributed by atoms with Crippen molar-refractivity contribution in [1.29, 1.82) is 0 Å². The van der Waals surface area contributed by atoms with Crippen LogP contribution in [-0.2, 0) is 16.8 Å². The van der Waals surface area contributed by atoms with Gasteiger partial charge in [0.2, 0.25) is 0 Å². The number of nitrogens with zero attached hydrogens (tertiary/aromatic N) is 2. The van der Waals surface area contributed by atoms with Crippen LogP contribution in [0.3, 0.4) is 0 Å². The standard InChI is InChI=1S/C21H23Cl2N3O.C2H2/c1-26-9-7-21(8-10-26,16-5-3-2-4-6-16)14-27-13-15-11-17(22)12-18-19(15)24-25-20(18)23;1-2/h2-6,11-12H,7-10,13-14H2,1H3,(H,24,25);1-2H. The Morgan fingerprint density at radius 1 is 1.14 bits per heavy atom. The largest absolute Gasteiger partial charge is 0.376 e. The highest BCUT2D eigenvalue weighted by Crippen LogP contribution is 2.36. The third-order valence-electron chi connectivity index (χ3n) is 5.62. The summed E-state index contributed by atoms with van der Waals surface area (Å²) in [5, 5.41) is 9.10. The zero-order valence-electron chi connectivity index (χ0n) is 16.5. The lowest BCUT2D eigenvalue weighted by molar-refractivity contribution is 0.0411. The Hall–Kier alpha value is -2.03. The number of hydrogen-bond donors (Lipinski definition) is 1. The smallest absolute Gasteiger partial charge is 0.132 e. The maximum atomic E-state index is 6.26. The summed E-state index contributed by atoms with van der Waals surface area (Å²) < 4.78 is 6.25. The van der Waals surface area contributed by atoms with Crippen LogP contribution in [0.25, 0.3) is 10.9 Å². The van der Waals surface area contributed by atoms with Gasteiger partial charge in [-0.1, -0.05) is 53.5 Å². The summed E-state index contributed by atoms with van der Waals surface area (Å²) in [6.45, 7) is 3.29. The van der Waals surface area contributed by atoms with Crippen LogP contribution < -0.4 is 0 Å². The van der Waals surface area contributed by atoms with E-state index in [1.807, 2.05) is 12.1 Å². The Morgan fingerprint density at radius 3 is 2.52 bits per heavy atom. The number of fused-ring (bicyclic) bond motifs is 1. The third-order valence-corrected chi connectivity index (χ3v) is 6.13. The highest BCUT2D eigenvalue weighted by Gasteiger charge is 2.35. The Morgan fingerprint density at radius 2 is 1.83 bits per heavy atom. The monoisotopic (exact) mass is 429 g/mol. The van der Waals surface area contributed by atoms with Gasteiger partial charge in [-0.25, -0.2) is 0 Å². The van der Waals surface area contributed by atoms with Crippen molar-refractivity contribution in [2.75, 3.05) is 26.7 Å². The van der Waals surface area contributed by atoms with E-state index in [2.05, 4.69) is 65.3 Å². The second-order valence-electron chi connectivity index (χ2n) is 7.44. The first-order valence-corrected chi connectivity index (χ1v) is 10.3. The summed E-state index contributed by atoms with van der Waals surface area (Å²) in [7, 11) is 2.18. The van der Waals surface area contributed by atoms with Gasteiger partial charge in [-0.2, -0.15) is 5.10 Å². The van der Waals surface area contributed by atoms with E-state index < -0.39 is 0 Å². The summed E-state index contributed by atoms with van der Waals surface area (Å²) in [4.78, 5) is 2.38. The average molecular weight is 430 g/mol. The highest BCUT2D eigenvalue weighted by atomic mass is 35.5. The minimum Gasteiger partial charge on any atom is -0.376 e. The van der Waals surface area contributed by atoms with Crippen LogP contribution in [-0.4, -0.2) is 41.8 Å². The number of terminal acetylenes is 1. The first kappa shape index (κ1) is 21.7. The van der Waals surface area contributed by atoms with Crippen LogP contribution in [0, 0.1) is 12.8 Å². The maximum absolute atomic E-state index is 6.26. The van der Waals surface area contributed by atoms with Crippen LogP contribution in [0.2, 0.25) is 10.2 Å². The molecule has 1 aliphatic rings. The number of H-pyrrole nitrogens is 1. The van der Waals surface area contributed by atoms with Crippen molar-refractivity contribution >= 4 is 34.1 Å². The predicted octanol–water partition coefficient (Wildman–Crippen LogP) is 5.30. The van der Waals surface area contributed by atoms with Gasteiger partial charge in [0.15, 0.2) is 0 Å². The summed E-state index contributed by atoms with van der Waals surface area (Å²) in [6, 6.07) is 14.5. The molecule has 0 aliphatic carbocycles. The second-order valence-corrected chi connectivity index (χ2v) is 8.26. The van der Waals surface area contributed by atoms with E-state index in [4.69, 9.17) is 27.9 Å². The Labute approximate surface area is 182 Å². The molecule has 1 aromatic heterocycles. The van der Waals surface area contributed by atoms with Crippen LogP contribution in [0.4, 0.5) is 0 Å². The first-order chi connectivity index (χ1) is 14.1. The van der Waals surface area contributed by atoms with Crippen molar-refractivity contribution in [3.63, 3.8) is 0 Å². The van der Waals surface area contributed by atoms with Gasteiger partial charge in [0.25, 0.3) is 0 Å². The van der Waals surface area contributed by atoms with Gasteiger partial charge < -0.3 is 9.64 Å². The molecule has 4 rings (SSSR count). The molecule has 0 saturated carbocycles. The Balaban J connectivity index is 0.00000117. The molecule has 2 aromatic carbocycles. The molecule has 1 aliphatic heterocycles. The number of benzene rings is 2. The fourth-order valence-electron chi connectivity index (χ4n) is 3.94. The van der Waals surface area contributed by atoms with Crippen LogP contribution in [0.15, 0.2) is 42.5 Å². The summed E-state index contributed by atoms with van der Waals surface area (Å²) in [5.74, 6) is 0. The molecule has 1 saturated heterocycles. The van der Waals surface area contributed by atoms with E-state index in [1.165, 1.54) is 5.56 Å². The summed E-state index contributed by atoms with van der Waals surface area (Å²) in [6.07, 6.45) is 10.2. The molecule has 2 heterocycles. The summed E-state index contributed by atoms with van der Waals surface area (Å²) in [5.41, 5.74) is 3.18. The molecule has 4 nitrogen and oxygen atoms in total. The predicted molar refractivity (Wildman–Crippen MR) is 121 cm³/mol. The van der Waals surface area contributed by atoms with E-state index in [9.17, 15) is 0 Å². The zero-order valence-corrected chi connectivity index (χ0v) is 18.0. The quantitative estimate of drug-likeness (QED) is 0.559. The van der Waals surface area contributed by atoms with Crippen LogP contribution >= 0.6 is 23.2 Å². The van der Waals surface area contributed by atoms with Crippen molar-refractivity contribution in [1.82, 2.24) is 15.1 Å². The number of aromatic nitrogens is 2. The number of aromatic amines is 1. The lowest BCUT2D eigenvalue weighted by atomic mass is 9.73. The normalized spacial score (nSPS) is 16.3. The number of halogens is 2. The van der Waals surface area contributed by atoms with E-state index in [1.54, 1.807) is 0 Å². The molecular formula is C23H25Cl2N3O. The van der Waals surface area contributed by atoms with Gasteiger partial charge in [-0.15, -0.1) is 12.8 Å². The molecule has 0 unspecified atom stereocenters. The molecule has 0 atom stereocenters. The first-order valence-electron chi connectivity index (χ1n) is 9.55. The molecule has 29 heavy (non-hydrogen) atoms. The third kappa shape index (κ3) is 4.76. The van der Waals surface area contributed by atoms with Gasteiger partial charge in [0.05, 0.1) is 18.7 Å². The number of piperidine rings is 1. The van der Waals surface area contributed by atoms with Crippen LogP contribution in [0.1, 0.15) is 24.0 Å². The number of ether oxygens (including phenoxy) is 1. The van der Waals surface area contributed by atoms with Gasteiger partial charge in [0.1, 0.15) is 5.15 Å². The molecule has 0 spiro atoms. The molecule has 0 bridgehead atoms. The van der Waals surface area contributed by atoms with Crippen molar-refractivity contribution in [2.24, 2.45) is 0 Å². The fourth-order valence-corrected chi connectivity index (χ4v) is 4.37. The zero-order chi connectivity index (χ0) is 20.9. The molecule has 6 heteroatoms. The van der Waals surface area contributed by atoms with Gasteiger partial charge in [-0.3, -0.25) is 5.10 Å². The fraction of sp³-hybridized carbons (Fsp3) is 0.348. The SMILES string of the molecule is C#C.CN1CCC(COCc2cc(Cl)cc3c(Cl)[nH]nc23)(c2ccccc2)CC1. The minimum atomic E-state index is 0.0503. The number of likely N-dealkylation sites (tertiary alicyclic amines) is 1. The highest BCUT2D eigenvalue weighted by molar-refractivity contribution is 6.36. The van der Waals surface area contributed by atoms with Crippen molar-refractivity contribution in [3.05, 3.63) is 63.8 Å². The lowest BCUT2D eigenvalue weighted by Crippen LogP contribution is -2.43. The Kier molecular flexibility index (Phi) is 7.21. The van der Waals surface area contributed by atoms with Crippen LogP contribution in [0.5, 0.6) is 0 Å². The molecule has 3 aromatic rings. The average Bonchev–Trinajstić information content (AvgIpc) is 3.12. The lowest BCUT2D eigenvalue weighted by Gasteiger charge is -2.41. The van der Waals surface area contributed by atoms with E-state index >= 15 is 0 Å². The second kappa shape index (κ2) is 9.65. The molecule has 0 radical (unpaired) electrons. The van der Waals surface area contributed by atoms with E-state index in [0.717, 1.165) is 42.4 Å². The van der Waals surface area contributed by atoms with Gasteiger partial charge >= 0.3 is 0 Å². The van der Waals surface area contributed by atoms with E-state index in [-0.39, 0.29) is 5.41 Å². The number of rotatable bonds is 5. The van der Waals surface area contributed by atoms with E-state index in [0.29, 0.717) is 23.4 Å². The summed E-state index contributed by atoms with van der Waals surface area (Å²) >= 11 is 12.4. The Bertz CT molecular complexity index is 960. The maximum Gasteiger partial charge on any atom is 0.132 e. The minimum absolute atomic E-state index is 0.0503. The van der Waals surface area contributed by atoms with Crippen molar-refractivity contribution in [3.8, 4) is 12.8 Å². The number of nitrogens with one attached hydrogen (secondary N) is 1.